The van der Waals surface area contributed by atoms with Crippen molar-refractivity contribution in [3.63, 3.8) is 0 Å². The first-order valence-electron chi connectivity index (χ1n) is 14.6. The number of ether oxygens (including phenoxy) is 3. The van der Waals surface area contributed by atoms with Crippen molar-refractivity contribution in [1.29, 1.82) is 0 Å². The lowest BCUT2D eigenvalue weighted by Gasteiger charge is -2.38. The van der Waals surface area contributed by atoms with Gasteiger partial charge in [0, 0.05) is 45.0 Å². The zero-order valence-corrected chi connectivity index (χ0v) is 27.6. The fraction of sp³-hybridized carbons (Fsp3) is 0.406. The number of para-hydroxylation sites is 1. The lowest BCUT2D eigenvalue weighted by molar-refractivity contribution is -0.274. The van der Waals surface area contributed by atoms with Crippen molar-refractivity contribution >= 4 is 45.0 Å². The number of rotatable bonds is 10. The van der Waals surface area contributed by atoms with Gasteiger partial charge in [-0.05, 0) is 62.4 Å². The van der Waals surface area contributed by atoms with Gasteiger partial charge in [-0.2, -0.15) is 0 Å². The second-order valence-corrected chi connectivity index (χ2v) is 12.9. The van der Waals surface area contributed by atoms with E-state index in [9.17, 15) is 18.0 Å². The van der Waals surface area contributed by atoms with Gasteiger partial charge in [0.15, 0.2) is 5.13 Å². The van der Waals surface area contributed by atoms with Gasteiger partial charge in [-0.1, -0.05) is 45.9 Å². The summed E-state index contributed by atoms with van der Waals surface area (Å²) in [5.41, 5.74) is 4.50. The second-order valence-electron chi connectivity index (χ2n) is 11.2. The van der Waals surface area contributed by atoms with Crippen LogP contribution in [-0.2, 0) is 16.1 Å². The molecule has 4 aromatic rings. The molecule has 45 heavy (non-hydrogen) atoms. The number of methoxy groups -OCH3 is 1. The van der Waals surface area contributed by atoms with Crippen LogP contribution in [0.5, 0.6) is 5.75 Å². The molecular formula is C32H31F3IN3O5S. The van der Waals surface area contributed by atoms with Gasteiger partial charge >= 0.3 is 12.3 Å². The number of nitrogens with zero attached hydrogens (tertiary/aromatic N) is 3. The SMILES string of the molecule is COC(=O)c1ccc(-c2csc(N3CC[C@@H](OCc4c(-c5ccccc5OC(F)(F)F)noc4C4CC4)C[C@H]3CI)n2)c(C)c1. The average molecular weight is 754 g/mol. The summed E-state index contributed by atoms with van der Waals surface area (Å²) in [6.45, 7) is 2.89. The van der Waals surface area contributed by atoms with Gasteiger partial charge in [-0.3, -0.25) is 0 Å². The molecule has 0 N–H and O–H groups in total. The quantitative estimate of drug-likeness (QED) is 0.0909. The molecular weight excluding hydrogens is 722 g/mol. The largest absolute Gasteiger partial charge is 0.573 e. The number of aromatic nitrogens is 2. The maximum absolute atomic E-state index is 13.1. The van der Waals surface area contributed by atoms with Gasteiger partial charge in [0.25, 0.3) is 0 Å². The lowest BCUT2D eigenvalue weighted by Crippen LogP contribution is -2.46. The topological polar surface area (TPSA) is 86.9 Å². The smallest absolute Gasteiger partial charge is 0.465 e. The number of benzene rings is 2. The van der Waals surface area contributed by atoms with Crippen LogP contribution in [0.25, 0.3) is 22.5 Å². The molecule has 1 saturated heterocycles. The summed E-state index contributed by atoms with van der Waals surface area (Å²) in [7, 11) is 1.37. The highest BCUT2D eigenvalue weighted by molar-refractivity contribution is 14.1. The average Bonchev–Trinajstić information content (AvgIpc) is 3.60. The summed E-state index contributed by atoms with van der Waals surface area (Å²) >= 11 is 3.98. The minimum Gasteiger partial charge on any atom is -0.465 e. The molecule has 0 unspecified atom stereocenters. The maximum atomic E-state index is 13.1. The molecule has 2 fully saturated rings. The normalized spacial score (nSPS) is 18.7. The molecule has 2 aromatic carbocycles. The van der Waals surface area contributed by atoms with Crippen LogP contribution in [0.1, 0.15) is 58.8 Å². The Morgan fingerprint density at radius 2 is 1.96 bits per heavy atom. The van der Waals surface area contributed by atoms with Crippen molar-refractivity contribution in [1.82, 2.24) is 10.1 Å². The first-order valence-corrected chi connectivity index (χ1v) is 17.0. The standard InChI is InChI=1S/C32H31F3IN3O5S/c1-18-13-20(30(40)41-2)9-10-23(18)26-17-45-31(37-26)39-12-11-22(14-21(39)15-36)42-16-25-28(38-44-29(25)19-7-8-19)24-5-3-4-6-27(24)43-32(33,34)35/h3-6,9-10,13,17,19,21-22H,7-8,11-12,14-16H2,1-2H3/t21-,22+/m0/s1. The van der Waals surface area contributed by atoms with Crippen molar-refractivity contribution in [3.8, 4) is 28.3 Å². The van der Waals surface area contributed by atoms with Crippen LogP contribution >= 0.6 is 33.9 Å². The molecule has 2 aromatic heterocycles. The van der Waals surface area contributed by atoms with Crippen LogP contribution in [0.15, 0.2) is 52.4 Å². The summed E-state index contributed by atoms with van der Waals surface area (Å²) in [4.78, 5) is 19.2. The molecule has 0 bridgehead atoms. The van der Waals surface area contributed by atoms with Gasteiger partial charge in [-0.15, -0.1) is 24.5 Å². The van der Waals surface area contributed by atoms with E-state index in [-0.39, 0.29) is 42.0 Å². The summed E-state index contributed by atoms with van der Waals surface area (Å²) in [5.74, 6) is 0.185. The number of hydrogen-bond acceptors (Lipinski definition) is 9. The first-order chi connectivity index (χ1) is 21.6. The molecule has 2 aliphatic rings. The molecule has 238 valence electrons. The highest BCUT2D eigenvalue weighted by atomic mass is 127. The van der Waals surface area contributed by atoms with E-state index in [1.54, 1.807) is 29.5 Å². The molecule has 3 heterocycles. The number of piperidine rings is 1. The van der Waals surface area contributed by atoms with E-state index in [4.69, 9.17) is 19.0 Å². The highest BCUT2D eigenvalue weighted by Gasteiger charge is 2.37. The minimum atomic E-state index is -4.83. The number of anilines is 1. The van der Waals surface area contributed by atoms with E-state index >= 15 is 0 Å². The first kappa shape index (κ1) is 31.8. The van der Waals surface area contributed by atoms with E-state index in [1.165, 1.54) is 19.2 Å². The molecule has 1 aliphatic heterocycles. The Labute approximate surface area is 276 Å². The molecule has 13 heteroatoms. The molecule has 1 aliphatic carbocycles. The van der Waals surface area contributed by atoms with Crippen LogP contribution in [0, 0.1) is 6.92 Å². The Morgan fingerprint density at radius 1 is 1.16 bits per heavy atom. The Kier molecular flexibility index (Phi) is 9.39. The molecule has 0 radical (unpaired) electrons. The number of carbonyl (C=O) groups excluding carboxylic acids is 1. The van der Waals surface area contributed by atoms with E-state index in [1.807, 2.05) is 24.4 Å². The van der Waals surface area contributed by atoms with Crippen LogP contribution in [-0.4, -0.2) is 52.7 Å². The van der Waals surface area contributed by atoms with Crippen molar-refractivity contribution < 1.29 is 36.7 Å². The summed E-state index contributed by atoms with van der Waals surface area (Å²) < 4.78 is 61.6. The van der Waals surface area contributed by atoms with E-state index in [2.05, 4.69) is 37.4 Å². The predicted octanol–water partition coefficient (Wildman–Crippen LogP) is 8.33. The lowest BCUT2D eigenvalue weighted by atomic mass is 10.0. The van der Waals surface area contributed by atoms with Crippen LogP contribution in [0.4, 0.5) is 18.3 Å². The molecule has 1 saturated carbocycles. The van der Waals surface area contributed by atoms with Crippen LogP contribution < -0.4 is 9.64 Å². The third-order valence-corrected chi connectivity index (χ3v) is 10.00. The van der Waals surface area contributed by atoms with Crippen LogP contribution in [0.2, 0.25) is 0 Å². The molecule has 8 nitrogen and oxygen atoms in total. The number of alkyl halides is 4. The van der Waals surface area contributed by atoms with E-state index in [0.717, 1.165) is 58.6 Å². The number of carbonyl (C=O) groups is 1. The number of halogens is 4. The Morgan fingerprint density at radius 3 is 2.67 bits per heavy atom. The minimum absolute atomic E-state index is 0.0509. The monoisotopic (exact) mass is 753 g/mol. The fourth-order valence-electron chi connectivity index (χ4n) is 5.70. The van der Waals surface area contributed by atoms with Gasteiger partial charge in [0.1, 0.15) is 17.2 Å². The van der Waals surface area contributed by atoms with Crippen LogP contribution in [0.3, 0.4) is 0 Å². The molecule has 0 spiro atoms. The number of thiazole rings is 1. The number of aryl methyl sites for hydroxylation is 1. The summed E-state index contributed by atoms with van der Waals surface area (Å²) in [6, 6.07) is 11.6. The van der Waals surface area contributed by atoms with Gasteiger partial charge in [0.05, 0.1) is 31.1 Å². The Hall–Kier alpha value is -3.17. The number of esters is 1. The zero-order valence-electron chi connectivity index (χ0n) is 24.6. The highest BCUT2D eigenvalue weighted by Crippen LogP contribution is 2.46. The van der Waals surface area contributed by atoms with E-state index < -0.39 is 6.36 Å². The maximum Gasteiger partial charge on any atom is 0.573 e. The van der Waals surface area contributed by atoms with Gasteiger partial charge in [-0.25, -0.2) is 9.78 Å². The fourth-order valence-corrected chi connectivity index (χ4v) is 7.45. The van der Waals surface area contributed by atoms with Crippen molar-refractivity contribution in [3.05, 3.63) is 70.3 Å². The predicted molar refractivity (Wildman–Crippen MR) is 172 cm³/mol. The van der Waals surface area contributed by atoms with E-state index in [0.29, 0.717) is 22.6 Å². The molecule has 0 amide bonds. The molecule has 6 rings (SSSR count). The van der Waals surface area contributed by atoms with Gasteiger partial charge in [0.2, 0.25) is 0 Å². The number of hydrogen-bond donors (Lipinski definition) is 0. The van der Waals surface area contributed by atoms with Gasteiger partial charge < -0.3 is 23.6 Å². The summed E-state index contributed by atoms with van der Waals surface area (Å²) in [6.07, 6.45) is -1.44. The third-order valence-electron chi connectivity index (χ3n) is 8.10. The Bertz CT molecular complexity index is 1670. The molecule has 2 atom stereocenters. The Balaban J connectivity index is 1.16. The van der Waals surface area contributed by atoms with Crippen molar-refractivity contribution in [2.45, 2.75) is 63.6 Å². The summed E-state index contributed by atoms with van der Waals surface area (Å²) in [5, 5.41) is 7.16. The second kappa shape index (κ2) is 13.3. The third kappa shape index (κ3) is 7.14. The van der Waals surface area contributed by atoms with Crippen molar-refractivity contribution in [2.75, 3.05) is 23.0 Å². The zero-order chi connectivity index (χ0) is 31.7. The van der Waals surface area contributed by atoms with Crippen molar-refractivity contribution in [2.24, 2.45) is 0 Å².